The molecule has 0 bridgehead atoms. The van der Waals surface area contributed by atoms with Crippen LogP contribution in [0.4, 0.5) is 0 Å². The summed E-state index contributed by atoms with van der Waals surface area (Å²) in [5.74, 6) is 0. The lowest BCUT2D eigenvalue weighted by Crippen LogP contribution is -2.41. The Balaban J connectivity index is 2.32. The third-order valence-electron chi connectivity index (χ3n) is 2.39. The average Bonchev–Trinajstić information content (AvgIpc) is 2.31. The van der Waals surface area contributed by atoms with Gasteiger partial charge in [0.05, 0.1) is 0 Å². The fourth-order valence-electron chi connectivity index (χ4n) is 1.67. The molecule has 1 aliphatic rings. The maximum Gasteiger partial charge on any atom is 0.0170 e. The van der Waals surface area contributed by atoms with Gasteiger partial charge >= 0.3 is 0 Å². The molecular weight excluding hydrogens is 154 g/mol. The fraction of sp³-hybridized carbons (Fsp3) is 0.556. The van der Waals surface area contributed by atoms with Crippen molar-refractivity contribution in [2.24, 2.45) is 5.73 Å². The molecule has 2 rings (SSSR count). The Hall–Kier alpha value is -0.340. The third-order valence-corrected chi connectivity index (χ3v) is 3.23. The van der Waals surface area contributed by atoms with Crippen LogP contribution in [-0.4, -0.2) is 5.54 Å². The quantitative estimate of drug-likeness (QED) is 0.628. The summed E-state index contributed by atoms with van der Waals surface area (Å²) in [5, 5.41) is 4.49. The highest BCUT2D eigenvalue weighted by Gasteiger charge is 2.25. The van der Waals surface area contributed by atoms with Crippen LogP contribution in [0.3, 0.4) is 0 Å². The second kappa shape index (κ2) is 2.32. The van der Waals surface area contributed by atoms with Crippen LogP contribution in [0.1, 0.15) is 24.5 Å². The lowest BCUT2D eigenvalue weighted by atomic mass is 9.82. The number of nitrogens with two attached hydrogens (primary N) is 1. The topological polar surface area (TPSA) is 26.0 Å². The lowest BCUT2D eigenvalue weighted by molar-refractivity contribution is 0.410. The molecule has 2 N–H and O–H groups in total. The SMILES string of the molecule is C[C@@]1(N)CCc2cscc2C1. The summed E-state index contributed by atoms with van der Waals surface area (Å²) >= 11 is 1.80. The maximum absolute atomic E-state index is 6.06. The summed E-state index contributed by atoms with van der Waals surface area (Å²) in [6.45, 7) is 2.15. The lowest BCUT2D eigenvalue weighted by Gasteiger charge is -2.29. The van der Waals surface area contributed by atoms with Crippen LogP contribution in [0.15, 0.2) is 10.8 Å². The molecule has 1 aliphatic carbocycles. The minimum absolute atomic E-state index is 0.0497. The van der Waals surface area contributed by atoms with Gasteiger partial charge in [-0.3, -0.25) is 0 Å². The van der Waals surface area contributed by atoms with Gasteiger partial charge in [-0.1, -0.05) is 0 Å². The van der Waals surface area contributed by atoms with E-state index in [4.69, 9.17) is 5.73 Å². The Morgan fingerprint density at radius 1 is 1.45 bits per heavy atom. The number of aryl methyl sites for hydroxylation is 1. The fourth-order valence-corrected chi connectivity index (χ4v) is 2.57. The predicted octanol–water partition coefficient (Wildman–Crippen LogP) is 1.95. The van der Waals surface area contributed by atoms with Crippen LogP contribution in [0.2, 0.25) is 0 Å². The van der Waals surface area contributed by atoms with E-state index in [1.165, 1.54) is 17.5 Å². The maximum atomic E-state index is 6.06. The zero-order chi connectivity index (χ0) is 7.90. The van der Waals surface area contributed by atoms with Gasteiger partial charge in [0, 0.05) is 5.54 Å². The minimum Gasteiger partial charge on any atom is -0.325 e. The van der Waals surface area contributed by atoms with E-state index in [9.17, 15) is 0 Å². The van der Waals surface area contributed by atoms with E-state index in [1.54, 1.807) is 11.3 Å². The highest BCUT2D eigenvalue weighted by Crippen LogP contribution is 2.28. The van der Waals surface area contributed by atoms with Crippen LogP contribution in [0.5, 0.6) is 0 Å². The van der Waals surface area contributed by atoms with Gasteiger partial charge in [0.2, 0.25) is 0 Å². The first-order chi connectivity index (χ1) is 5.17. The molecule has 0 aromatic carbocycles. The first-order valence-corrected chi connectivity index (χ1v) is 4.94. The number of fused-ring (bicyclic) bond motifs is 1. The van der Waals surface area contributed by atoms with Crippen LogP contribution in [0, 0.1) is 0 Å². The van der Waals surface area contributed by atoms with E-state index in [0.29, 0.717) is 0 Å². The van der Waals surface area contributed by atoms with Crippen LogP contribution in [0.25, 0.3) is 0 Å². The summed E-state index contributed by atoms with van der Waals surface area (Å²) in [6, 6.07) is 0. The Kier molecular flexibility index (Phi) is 1.55. The molecule has 0 amide bonds. The summed E-state index contributed by atoms with van der Waals surface area (Å²) in [6.07, 6.45) is 3.37. The molecule has 1 heterocycles. The smallest absolute Gasteiger partial charge is 0.0170 e. The van der Waals surface area contributed by atoms with Gasteiger partial charge in [-0.2, -0.15) is 11.3 Å². The Bertz CT molecular complexity index is 262. The van der Waals surface area contributed by atoms with Gasteiger partial charge in [0.15, 0.2) is 0 Å². The molecule has 60 valence electrons. The molecule has 0 fully saturated rings. The summed E-state index contributed by atoms with van der Waals surface area (Å²) in [4.78, 5) is 0. The summed E-state index contributed by atoms with van der Waals surface area (Å²) in [7, 11) is 0. The van der Waals surface area contributed by atoms with Crippen molar-refractivity contribution in [3.05, 3.63) is 21.9 Å². The van der Waals surface area contributed by atoms with Gasteiger partial charge < -0.3 is 5.73 Å². The highest BCUT2D eigenvalue weighted by molar-refractivity contribution is 7.08. The number of thiophene rings is 1. The van der Waals surface area contributed by atoms with E-state index in [2.05, 4.69) is 17.7 Å². The standard InChI is InChI=1S/C9H13NS/c1-9(10)3-2-7-5-11-6-8(7)4-9/h5-6H,2-4,10H2,1H3/t9-/m1/s1. The van der Waals surface area contributed by atoms with Crippen molar-refractivity contribution >= 4 is 11.3 Å². The van der Waals surface area contributed by atoms with E-state index in [0.717, 1.165) is 12.8 Å². The van der Waals surface area contributed by atoms with E-state index < -0.39 is 0 Å². The molecular formula is C9H13NS. The predicted molar refractivity (Wildman–Crippen MR) is 48.9 cm³/mol. The van der Waals surface area contributed by atoms with E-state index in [-0.39, 0.29) is 5.54 Å². The molecule has 2 heteroatoms. The van der Waals surface area contributed by atoms with E-state index in [1.807, 2.05) is 0 Å². The molecule has 0 saturated heterocycles. The monoisotopic (exact) mass is 167 g/mol. The van der Waals surface area contributed by atoms with Crippen LogP contribution in [-0.2, 0) is 12.8 Å². The Labute approximate surface area is 71.2 Å². The van der Waals surface area contributed by atoms with Crippen molar-refractivity contribution in [2.75, 3.05) is 0 Å². The second-order valence-corrected chi connectivity index (χ2v) is 4.50. The summed E-state index contributed by atoms with van der Waals surface area (Å²) in [5.41, 5.74) is 9.11. The first kappa shape index (κ1) is 7.32. The van der Waals surface area contributed by atoms with Gasteiger partial charge in [0.1, 0.15) is 0 Å². The molecule has 0 saturated carbocycles. The molecule has 1 aromatic heterocycles. The van der Waals surface area contributed by atoms with Crippen molar-refractivity contribution in [3.8, 4) is 0 Å². The van der Waals surface area contributed by atoms with Crippen molar-refractivity contribution in [1.29, 1.82) is 0 Å². The highest BCUT2D eigenvalue weighted by atomic mass is 32.1. The van der Waals surface area contributed by atoms with Crippen molar-refractivity contribution in [2.45, 2.75) is 31.7 Å². The van der Waals surface area contributed by atoms with Gasteiger partial charge in [-0.15, -0.1) is 0 Å². The molecule has 11 heavy (non-hydrogen) atoms. The van der Waals surface area contributed by atoms with Gasteiger partial charge in [0.25, 0.3) is 0 Å². The van der Waals surface area contributed by atoms with Gasteiger partial charge in [-0.25, -0.2) is 0 Å². The minimum atomic E-state index is 0.0497. The molecule has 1 nitrogen and oxygen atoms in total. The molecule has 0 aliphatic heterocycles. The number of hydrogen-bond donors (Lipinski definition) is 1. The normalized spacial score (nSPS) is 30.0. The third kappa shape index (κ3) is 1.33. The van der Waals surface area contributed by atoms with Crippen LogP contribution < -0.4 is 5.73 Å². The largest absolute Gasteiger partial charge is 0.325 e. The molecule has 0 spiro atoms. The van der Waals surface area contributed by atoms with Gasteiger partial charge in [-0.05, 0) is 48.1 Å². The molecule has 1 atom stereocenters. The summed E-state index contributed by atoms with van der Waals surface area (Å²) < 4.78 is 0. The molecule has 0 unspecified atom stereocenters. The molecule has 0 radical (unpaired) electrons. The zero-order valence-corrected chi connectivity index (χ0v) is 7.58. The second-order valence-electron chi connectivity index (χ2n) is 3.75. The van der Waals surface area contributed by atoms with Crippen molar-refractivity contribution in [3.63, 3.8) is 0 Å². The van der Waals surface area contributed by atoms with Crippen LogP contribution >= 0.6 is 11.3 Å². The van der Waals surface area contributed by atoms with Crippen molar-refractivity contribution < 1.29 is 0 Å². The first-order valence-electron chi connectivity index (χ1n) is 4.00. The average molecular weight is 167 g/mol. The number of hydrogen-bond acceptors (Lipinski definition) is 2. The number of rotatable bonds is 0. The Morgan fingerprint density at radius 2 is 2.18 bits per heavy atom. The Morgan fingerprint density at radius 3 is 3.00 bits per heavy atom. The zero-order valence-electron chi connectivity index (χ0n) is 6.76. The van der Waals surface area contributed by atoms with E-state index >= 15 is 0 Å². The van der Waals surface area contributed by atoms with Crippen molar-refractivity contribution in [1.82, 2.24) is 0 Å². The molecule has 1 aromatic rings.